The fourth-order valence-corrected chi connectivity index (χ4v) is 3.93. The van der Waals surface area contributed by atoms with Crippen molar-refractivity contribution in [3.8, 4) is 5.75 Å². The molecular formula is C34H60F6O4. The van der Waals surface area contributed by atoms with Crippen LogP contribution in [-0.4, -0.2) is 17.5 Å². The van der Waals surface area contributed by atoms with E-state index in [0.29, 0.717) is 24.5 Å². The molecule has 1 aliphatic carbocycles. The number of hydrogen-bond acceptors (Lipinski definition) is 4. The van der Waals surface area contributed by atoms with Crippen molar-refractivity contribution in [3.05, 3.63) is 29.3 Å². The first kappa shape index (κ1) is 48.6. The monoisotopic (exact) mass is 646 g/mol. The molecule has 0 saturated heterocycles. The van der Waals surface area contributed by atoms with Crippen LogP contribution in [0.1, 0.15) is 142 Å². The molecule has 0 aliphatic heterocycles. The predicted octanol–water partition coefficient (Wildman–Crippen LogP) is 12.2. The second-order valence-electron chi connectivity index (χ2n) is 12.6. The highest BCUT2D eigenvalue weighted by atomic mass is 19.4. The lowest BCUT2D eigenvalue weighted by molar-refractivity contribution is -0.174. The highest BCUT2D eigenvalue weighted by Gasteiger charge is 2.40. The van der Waals surface area contributed by atoms with Gasteiger partial charge in [-0.3, -0.25) is 9.59 Å². The van der Waals surface area contributed by atoms with E-state index in [4.69, 9.17) is 9.47 Å². The summed E-state index contributed by atoms with van der Waals surface area (Å²) in [4.78, 5) is 24.0. The number of alkyl halides is 6. The maximum absolute atomic E-state index is 12.7. The highest BCUT2D eigenvalue weighted by Crippen LogP contribution is 2.40. The van der Waals surface area contributed by atoms with Crippen molar-refractivity contribution in [2.24, 2.45) is 22.7 Å². The Morgan fingerprint density at radius 3 is 1.39 bits per heavy atom. The van der Waals surface area contributed by atoms with E-state index in [1.165, 1.54) is 39.5 Å². The Hall–Kier alpha value is -2.26. The molecule has 4 nitrogen and oxygen atoms in total. The first-order valence-electron chi connectivity index (χ1n) is 13.7. The van der Waals surface area contributed by atoms with Crippen LogP contribution >= 0.6 is 0 Å². The molecule has 2 rings (SSSR count). The van der Waals surface area contributed by atoms with Gasteiger partial charge in [0.25, 0.3) is 0 Å². The second-order valence-corrected chi connectivity index (χ2v) is 12.6. The van der Waals surface area contributed by atoms with Gasteiger partial charge in [-0.1, -0.05) is 63.3 Å². The average molecular weight is 647 g/mol. The lowest BCUT2D eigenvalue weighted by Crippen LogP contribution is -2.42. The zero-order chi connectivity index (χ0) is 31.3. The molecule has 1 aliphatic rings. The normalized spacial score (nSPS) is 17.2. The van der Waals surface area contributed by atoms with Gasteiger partial charge in [0, 0.05) is 0 Å². The fraction of sp³-hybridized carbons (Fsp3) is 0.765. The van der Waals surface area contributed by atoms with Crippen LogP contribution in [0.25, 0.3) is 0 Å². The Labute approximate surface area is 263 Å². The summed E-state index contributed by atoms with van der Waals surface area (Å²) in [5.74, 6) is -0.380. The molecule has 0 spiro atoms. The number of benzene rings is 1. The Morgan fingerprint density at radius 1 is 0.682 bits per heavy atom. The van der Waals surface area contributed by atoms with E-state index in [2.05, 4.69) is 20.8 Å². The third kappa shape index (κ3) is 14.2. The molecule has 0 aromatic heterocycles. The third-order valence-corrected chi connectivity index (χ3v) is 8.00. The van der Waals surface area contributed by atoms with Gasteiger partial charge in [-0.05, 0) is 97.3 Å². The summed E-state index contributed by atoms with van der Waals surface area (Å²) in [6.45, 7) is 17.1. The number of halogens is 6. The van der Waals surface area contributed by atoms with Crippen molar-refractivity contribution < 1.29 is 45.4 Å². The van der Waals surface area contributed by atoms with Crippen LogP contribution in [0.3, 0.4) is 0 Å². The lowest BCUT2D eigenvalue weighted by Gasteiger charge is -2.39. The smallest absolute Gasteiger partial charge is 0.416 e. The minimum atomic E-state index is -4.98. The van der Waals surface area contributed by atoms with Crippen LogP contribution in [0, 0.1) is 22.7 Å². The molecule has 0 atom stereocenters. The number of esters is 2. The molecule has 1 aromatic rings. The molecule has 10 heteroatoms. The van der Waals surface area contributed by atoms with Crippen LogP contribution in [0.4, 0.5) is 26.3 Å². The number of hydrogen-bond donors (Lipinski definition) is 0. The van der Waals surface area contributed by atoms with Gasteiger partial charge in [0.1, 0.15) is 11.4 Å². The zero-order valence-corrected chi connectivity index (χ0v) is 25.0. The number of carbonyl (C=O) groups is 2. The third-order valence-electron chi connectivity index (χ3n) is 8.00. The maximum Gasteiger partial charge on any atom is 0.416 e. The topological polar surface area (TPSA) is 52.6 Å². The van der Waals surface area contributed by atoms with Crippen LogP contribution < -0.4 is 4.74 Å². The van der Waals surface area contributed by atoms with E-state index in [9.17, 15) is 35.9 Å². The van der Waals surface area contributed by atoms with Crippen molar-refractivity contribution in [1.29, 1.82) is 0 Å². The summed E-state index contributed by atoms with van der Waals surface area (Å²) in [7, 11) is 0. The van der Waals surface area contributed by atoms with Crippen LogP contribution in [0.5, 0.6) is 5.75 Å². The maximum atomic E-state index is 12.7. The molecule has 262 valence electrons. The molecule has 0 unspecified atom stereocenters. The summed E-state index contributed by atoms with van der Waals surface area (Å²) in [6.07, 6.45) is -3.92. The summed E-state index contributed by atoms with van der Waals surface area (Å²) < 4.78 is 86.5. The minimum Gasteiger partial charge on any atom is -0.459 e. The molecule has 44 heavy (non-hydrogen) atoms. The number of rotatable bonds is 7. The van der Waals surface area contributed by atoms with Gasteiger partial charge in [0.2, 0.25) is 0 Å². The first-order valence-corrected chi connectivity index (χ1v) is 13.7. The van der Waals surface area contributed by atoms with Crippen LogP contribution in [-0.2, 0) is 26.7 Å². The minimum absolute atomic E-state index is 0. The van der Waals surface area contributed by atoms with Gasteiger partial charge < -0.3 is 9.47 Å². The lowest BCUT2D eigenvalue weighted by atomic mass is 9.75. The van der Waals surface area contributed by atoms with Crippen molar-refractivity contribution in [3.63, 3.8) is 0 Å². The zero-order valence-electron chi connectivity index (χ0n) is 25.0. The fourth-order valence-electron chi connectivity index (χ4n) is 3.93. The Balaban J connectivity index is -0.000000338. The van der Waals surface area contributed by atoms with Crippen molar-refractivity contribution in [2.75, 3.05) is 0 Å². The van der Waals surface area contributed by atoms with Gasteiger partial charge in [0.05, 0.1) is 22.0 Å². The van der Waals surface area contributed by atoms with Gasteiger partial charge in [0.15, 0.2) is 0 Å². The Morgan fingerprint density at radius 2 is 1.05 bits per heavy atom. The highest BCUT2D eigenvalue weighted by molar-refractivity contribution is 5.78. The van der Waals surface area contributed by atoms with Gasteiger partial charge >= 0.3 is 24.3 Å². The molecule has 1 saturated carbocycles. The van der Waals surface area contributed by atoms with Crippen molar-refractivity contribution in [1.82, 2.24) is 0 Å². The van der Waals surface area contributed by atoms with E-state index in [0.717, 1.165) is 12.3 Å². The standard InChI is InChI=1S/C16H30O2.C14H14F6O2.4CH4/c1-7-15(3,4)14(17)18-16(5,6)13-10-8-12(2)9-11-13;1-4-12(2,3)11(21)22-10-6-8(13(15,16)17)5-9(7-10)14(18,19)20;;;;/h12-13H,7-11H2,1-6H3;5-7H,4H2,1-3H3;4*1H4. The summed E-state index contributed by atoms with van der Waals surface area (Å²) >= 11 is 0. The summed E-state index contributed by atoms with van der Waals surface area (Å²) in [6, 6.07) is 0.722. The largest absolute Gasteiger partial charge is 0.459 e. The number of ether oxygens (including phenoxy) is 2. The predicted molar refractivity (Wildman–Crippen MR) is 168 cm³/mol. The molecule has 0 bridgehead atoms. The molecule has 0 heterocycles. The van der Waals surface area contributed by atoms with Crippen molar-refractivity contribution in [2.45, 2.75) is 148 Å². The quantitative estimate of drug-likeness (QED) is 0.168. The average Bonchev–Trinajstić information content (AvgIpc) is 2.83. The van der Waals surface area contributed by atoms with Gasteiger partial charge in [-0.25, -0.2) is 0 Å². The van der Waals surface area contributed by atoms with E-state index < -0.39 is 40.6 Å². The SMILES string of the molecule is C.C.C.C.CCC(C)(C)C(=O)OC(C)(C)C1CCC(C)CC1.CCC(C)(C)C(=O)Oc1cc(C(F)(F)F)cc(C(F)(F)F)c1. The van der Waals surface area contributed by atoms with Crippen LogP contribution in [0.15, 0.2) is 18.2 Å². The molecule has 1 aromatic carbocycles. The van der Waals surface area contributed by atoms with Crippen molar-refractivity contribution >= 4 is 11.9 Å². The molecule has 0 N–H and O–H groups in total. The summed E-state index contributed by atoms with van der Waals surface area (Å²) in [5.41, 5.74) is -4.76. The summed E-state index contributed by atoms with van der Waals surface area (Å²) in [5, 5.41) is 0. The van der Waals surface area contributed by atoms with E-state index >= 15 is 0 Å². The van der Waals surface area contributed by atoms with E-state index in [-0.39, 0.29) is 52.8 Å². The van der Waals surface area contributed by atoms with Gasteiger partial charge in [-0.2, -0.15) is 26.3 Å². The van der Waals surface area contributed by atoms with E-state index in [1.807, 2.05) is 20.8 Å². The molecule has 1 fully saturated rings. The van der Waals surface area contributed by atoms with Crippen LogP contribution in [0.2, 0.25) is 0 Å². The molecular weight excluding hydrogens is 586 g/mol. The Kier molecular flexibility index (Phi) is 19.9. The Bertz CT molecular complexity index is 970. The second kappa shape index (κ2) is 18.0. The van der Waals surface area contributed by atoms with E-state index in [1.54, 1.807) is 6.92 Å². The number of carbonyl (C=O) groups excluding carboxylic acids is 2. The molecule has 0 amide bonds. The molecule has 0 radical (unpaired) electrons. The first-order chi connectivity index (χ1) is 18.0. The van der Waals surface area contributed by atoms with Gasteiger partial charge in [-0.15, -0.1) is 0 Å².